The third-order valence-corrected chi connectivity index (χ3v) is 5.65. The van der Waals surface area contributed by atoms with Crippen molar-refractivity contribution in [2.24, 2.45) is 4.99 Å². The Morgan fingerprint density at radius 1 is 1.07 bits per heavy atom. The number of para-hydroxylation sites is 1. The molecule has 1 aliphatic rings. The van der Waals surface area contributed by atoms with Crippen molar-refractivity contribution in [1.82, 2.24) is 0 Å². The number of carbonyl (C=O) groups is 2. The summed E-state index contributed by atoms with van der Waals surface area (Å²) < 4.78 is 0. The summed E-state index contributed by atoms with van der Waals surface area (Å²) in [7, 11) is 0. The lowest BCUT2D eigenvalue weighted by atomic mass is 10.00. The predicted octanol–water partition coefficient (Wildman–Crippen LogP) is 4.12. The average Bonchev–Trinajstić information content (AvgIpc) is 3.07. The minimum Gasteiger partial charge on any atom is -0.302 e. The summed E-state index contributed by atoms with van der Waals surface area (Å²) in [5, 5.41) is 1.90. The second-order valence-corrected chi connectivity index (χ2v) is 7.30. The van der Waals surface area contributed by atoms with Crippen LogP contribution in [0.25, 0.3) is 0 Å². The number of amides is 1. The van der Waals surface area contributed by atoms with E-state index in [0.29, 0.717) is 4.88 Å². The van der Waals surface area contributed by atoms with E-state index in [1.54, 1.807) is 4.90 Å². The molecule has 27 heavy (non-hydrogen) atoms. The highest BCUT2D eigenvalue weighted by Gasteiger charge is 2.27. The van der Waals surface area contributed by atoms with Gasteiger partial charge in [-0.05, 0) is 30.0 Å². The van der Waals surface area contributed by atoms with Gasteiger partial charge in [0.1, 0.15) is 6.54 Å². The van der Waals surface area contributed by atoms with E-state index in [0.717, 1.165) is 28.1 Å². The van der Waals surface area contributed by atoms with E-state index in [2.05, 4.69) is 4.99 Å². The summed E-state index contributed by atoms with van der Waals surface area (Å²) in [6.45, 7) is 1.96. The molecule has 4 rings (SSSR count). The van der Waals surface area contributed by atoms with Crippen LogP contribution in [0.2, 0.25) is 0 Å². The van der Waals surface area contributed by atoms with Crippen molar-refractivity contribution in [3.63, 3.8) is 0 Å². The molecule has 0 saturated heterocycles. The number of Topliss-reactive ketones (excluding diaryl/α,β-unsaturated/α-hetero) is 1. The van der Waals surface area contributed by atoms with Gasteiger partial charge in [0.15, 0.2) is 5.78 Å². The fraction of sp³-hybridized carbons (Fsp3) is 0.136. The van der Waals surface area contributed by atoms with Crippen LogP contribution in [0.1, 0.15) is 26.4 Å². The van der Waals surface area contributed by atoms with Gasteiger partial charge in [0.05, 0.1) is 22.8 Å². The van der Waals surface area contributed by atoms with Crippen LogP contribution in [0.4, 0.5) is 5.69 Å². The zero-order valence-corrected chi connectivity index (χ0v) is 15.7. The van der Waals surface area contributed by atoms with Gasteiger partial charge in [0.25, 0.3) is 0 Å². The molecule has 1 amide bonds. The zero-order chi connectivity index (χ0) is 18.8. The van der Waals surface area contributed by atoms with Crippen molar-refractivity contribution in [2.45, 2.75) is 6.92 Å². The molecule has 2 heterocycles. The van der Waals surface area contributed by atoms with E-state index in [1.165, 1.54) is 11.3 Å². The van der Waals surface area contributed by atoms with Gasteiger partial charge in [0.2, 0.25) is 5.91 Å². The molecule has 5 heteroatoms. The number of carbonyl (C=O) groups excluding carboxylic acids is 2. The van der Waals surface area contributed by atoms with Gasteiger partial charge in [-0.25, -0.2) is 0 Å². The lowest BCUT2D eigenvalue weighted by Crippen LogP contribution is -2.37. The monoisotopic (exact) mass is 374 g/mol. The quantitative estimate of drug-likeness (QED) is 0.645. The molecule has 1 aromatic heterocycles. The molecule has 0 unspecified atom stereocenters. The van der Waals surface area contributed by atoms with E-state index >= 15 is 0 Å². The van der Waals surface area contributed by atoms with Crippen molar-refractivity contribution in [2.75, 3.05) is 18.0 Å². The summed E-state index contributed by atoms with van der Waals surface area (Å²) in [5.41, 5.74) is 4.28. The molecule has 0 N–H and O–H groups in total. The number of anilines is 1. The van der Waals surface area contributed by atoms with Crippen LogP contribution in [0.5, 0.6) is 0 Å². The minimum absolute atomic E-state index is 0.0226. The molecule has 0 spiro atoms. The molecule has 0 fully saturated rings. The Labute approximate surface area is 161 Å². The number of rotatable bonds is 4. The number of fused-ring (bicyclic) bond motifs is 1. The van der Waals surface area contributed by atoms with Crippen molar-refractivity contribution in [3.8, 4) is 0 Å². The van der Waals surface area contributed by atoms with Crippen molar-refractivity contribution >= 4 is 34.4 Å². The number of aliphatic imine (C=N–C) groups is 1. The second-order valence-electron chi connectivity index (χ2n) is 6.38. The first-order chi connectivity index (χ1) is 13.1. The van der Waals surface area contributed by atoms with E-state index in [9.17, 15) is 9.59 Å². The minimum atomic E-state index is -0.170. The Morgan fingerprint density at radius 3 is 2.56 bits per heavy atom. The van der Waals surface area contributed by atoms with Gasteiger partial charge in [-0.2, -0.15) is 0 Å². The van der Waals surface area contributed by atoms with Crippen LogP contribution in [-0.4, -0.2) is 30.5 Å². The topological polar surface area (TPSA) is 49.7 Å². The fourth-order valence-corrected chi connectivity index (χ4v) is 4.11. The molecule has 0 aliphatic carbocycles. The maximum absolute atomic E-state index is 12.8. The third-order valence-electron chi connectivity index (χ3n) is 4.59. The predicted molar refractivity (Wildman–Crippen MR) is 109 cm³/mol. The number of nitrogens with zero attached hydrogens (tertiary/aromatic N) is 2. The van der Waals surface area contributed by atoms with E-state index in [-0.39, 0.29) is 24.8 Å². The van der Waals surface area contributed by atoms with Crippen molar-refractivity contribution in [1.29, 1.82) is 0 Å². The number of ketones is 1. The van der Waals surface area contributed by atoms with E-state index in [4.69, 9.17) is 0 Å². The highest BCUT2D eigenvalue weighted by molar-refractivity contribution is 7.12. The van der Waals surface area contributed by atoms with Crippen molar-refractivity contribution in [3.05, 3.63) is 87.6 Å². The first-order valence-electron chi connectivity index (χ1n) is 8.72. The fourth-order valence-electron chi connectivity index (χ4n) is 3.25. The summed E-state index contributed by atoms with van der Waals surface area (Å²) >= 11 is 1.42. The number of hydrogen-bond donors (Lipinski definition) is 0. The Balaban J connectivity index is 1.74. The van der Waals surface area contributed by atoms with Crippen LogP contribution in [0.3, 0.4) is 0 Å². The van der Waals surface area contributed by atoms with Crippen LogP contribution in [-0.2, 0) is 4.79 Å². The van der Waals surface area contributed by atoms with Crippen LogP contribution in [0.15, 0.2) is 71.0 Å². The maximum Gasteiger partial charge on any atom is 0.249 e. The van der Waals surface area contributed by atoms with Gasteiger partial charge >= 0.3 is 0 Å². The van der Waals surface area contributed by atoms with E-state index < -0.39 is 0 Å². The van der Waals surface area contributed by atoms with Gasteiger partial charge < -0.3 is 4.90 Å². The number of aryl methyl sites for hydroxylation is 1. The van der Waals surface area contributed by atoms with E-state index in [1.807, 2.05) is 73.0 Å². The molecule has 0 saturated carbocycles. The zero-order valence-electron chi connectivity index (χ0n) is 14.9. The van der Waals surface area contributed by atoms with Gasteiger partial charge in [-0.1, -0.05) is 48.5 Å². The summed E-state index contributed by atoms with van der Waals surface area (Å²) in [6.07, 6.45) is 0. The molecule has 3 aromatic rings. The lowest BCUT2D eigenvalue weighted by molar-refractivity contribution is -0.117. The Morgan fingerprint density at radius 2 is 1.81 bits per heavy atom. The molecule has 4 nitrogen and oxygen atoms in total. The first kappa shape index (κ1) is 17.4. The number of benzene rings is 2. The number of benzodiazepines with no additional fused rings is 1. The number of hydrogen-bond acceptors (Lipinski definition) is 4. The summed E-state index contributed by atoms with van der Waals surface area (Å²) in [5.74, 6) is -0.218. The Hall–Kier alpha value is -3.05. The molecule has 0 atom stereocenters. The summed E-state index contributed by atoms with van der Waals surface area (Å²) in [6, 6.07) is 19.4. The van der Waals surface area contributed by atoms with Crippen molar-refractivity contribution < 1.29 is 9.59 Å². The second kappa shape index (κ2) is 7.29. The lowest BCUT2D eigenvalue weighted by Gasteiger charge is -2.22. The van der Waals surface area contributed by atoms with Crippen LogP contribution < -0.4 is 4.90 Å². The largest absolute Gasteiger partial charge is 0.302 e. The van der Waals surface area contributed by atoms with Gasteiger partial charge in [-0.15, -0.1) is 11.3 Å². The summed E-state index contributed by atoms with van der Waals surface area (Å²) in [4.78, 5) is 32.4. The maximum atomic E-state index is 12.8. The highest BCUT2D eigenvalue weighted by atomic mass is 32.1. The van der Waals surface area contributed by atoms with Gasteiger partial charge in [0, 0.05) is 11.1 Å². The highest BCUT2D eigenvalue weighted by Crippen LogP contribution is 2.27. The molecular weight excluding hydrogens is 356 g/mol. The average molecular weight is 374 g/mol. The SMILES string of the molecule is Cc1ccsc1C(=O)CN1C(=O)CN=C(c2ccccc2)c2ccccc21. The standard InChI is InChI=1S/C22H18N2O2S/c1-15-11-12-27-22(15)19(25)14-24-18-10-6-5-9-17(18)21(23-13-20(24)26)16-7-3-2-4-8-16/h2-12H,13-14H2,1H3. The molecule has 0 bridgehead atoms. The molecule has 0 radical (unpaired) electrons. The Bertz CT molecular complexity index is 1040. The molecule has 2 aromatic carbocycles. The molecule has 1 aliphatic heterocycles. The smallest absolute Gasteiger partial charge is 0.249 e. The van der Waals surface area contributed by atoms with Crippen LogP contribution >= 0.6 is 11.3 Å². The first-order valence-corrected chi connectivity index (χ1v) is 9.60. The number of thiophene rings is 1. The molecular formula is C22H18N2O2S. The third kappa shape index (κ3) is 3.34. The Kier molecular flexibility index (Phi) is 4.69. The molecule has 134 valence electrons. The van der Waals surface area contributed by atoms with Crippen LogP contribution in [0, 0.1) is 6.92 Å². The van der Waals surface area contributed by atoms with Gasteiger partial charge in [-0.3, -0.25) is 14.6 Å². The normalized spacial score (nSPS) is 13.7.